The molecule has 3 aliphatic rings. The number of carbonyl (C=O) groups excluding carboxylic acids is 2. The van der Waals surface area contributed by atoms with Gasteiger partial charge in [-0.1, -0.05) is 48.5 Å². The van der Waals surface area contributed by atoms with Crippen LogP contribution in [0.5, 0.6) is 0 Å². The standard InChI is InChI=1S/C21H17NO2/c23-20-17-11-10-16-15-9-5-4-6-13(15)12-18(16)19(17)21(24)22(20)14-7-2-1-3-8-14/h1-10,17-19H,11-12H2. The molecule has 2 aromatic carbocycles. The molecule has 5 rings (SSSR count). The number of imide groups is 1. The second kappa shape index (κ2) is 4.91. The molecule has 0 N–H and O–H groups in total. The molecule has 118 valence electrons. The van der Waals surface area contributed by atoms with E-state index in [0.29, 0.717) is 12.1 Å². The molecule has 1 heterocycles. The summed E-state index contributed by atoms with van der Waals surface area (Å²) < 4.78 is 0. The molecule has 1 aliphatic heterocycles. The molecule has 2 aliphatic carbocycles. The Morgan fingerprint density at radius 3 is 2.42 bits per heavy atom. The highest BCUT2D eigenvalue weighted by atomic mass is 16.2. The van der Waals surface area contributed by atoms with E-state index >= 15 is 0 Å². The minimum atomic E-state index is -0.217. The number of nitrogens with zero attached hydrogens (tertiary/aromatic N) is 1. The third-order valence-corrected chi connectivity index (χ3v) is 5.68. The van der Waals surface area contributed by atoms with Crippen molar-refractivity contribution in [2.24, 2.45) is 17.8 Å². The largest absolute Gasteiger partial charge is 0.274 e. The van der Waals surface area contributed by atoms with Gasteiger partial charge in [0.15, 0.2) is 0 Å². The lowest BCUT2D eigenvalue weighted by atomic mass is 9.73. The quantitative estimate of drug-likeness (QED) is 0.756. The molecule has 0 bridgehead atoms. The van der Waals surface area contributed by atoms with Gasteiger partial charge in [-0.25, -0.2) is 0 Å². The lowest BCUT2D eigenvalue weighted by molar-refractivity contribution is -0.122. The van der Waals surface area contributed by atoms with Gasteiger partial charge < -0.3 is 0 Å². The van der Waals surface area contributed by atoms with E-state index in [4.69, 9.17) is 0 Å². The second-order valence-electron chi connectivity index (χ2n) is 6.84. The van der Waals surface area contributed by atoms with Gasteiger partial charge in [0.2, 0.25) is 11.8 Å². The average molecular weight is 315 g/mol. The molecule has 0 saturated carbocycles. The van der Waals surface area contributed by atoms with Crippen LogP contribution in [0.25, 0.3) is 5.57 Å². The fraction of sp³-hybridized carbons (Fsp3) is 0.238. The molecule has 24 heavy (non-hydrogen) atoms. The van der Waals surface area contributed by atoms with Gasteiger partial charge in [0.05, 0.1) is 17.5 Å². The Labute approximate surface area is 140 Å². The van der Waals surface area contributed by atoms with Gasteiger partial charge in [0.25, 0.3) is 0 Å². The summed E-state index contributed by atoms with van der Waals surface area (Å²) >= 11 is 0. The lowest BCUT2D eigenvalue weighted by Crippen LogP contribution is -2.32. The topological polar surface area (TPSA) is 37.4 Å². The Kier molecular flexibility index (Phi) is 2.81. The number of carbonyl (C=O) groups is 2. The summed E-state index contributed by atoms with van der Waals surface area (Å²) in [4.78, 5) is 27.4. The van der Waals surface area contributed by atoms with Gasteiger partial charge in [-0.15, -0.1) is 0 Å². The van der Waals surface area contributed by atoms with Crippen molar-refractivity contribution >= 4 is 23.1 Å². The van der Waals surface area contributed by atoms with Crippen LogP contribution >= 0.6 is 0 Å². The zero-order chi connectivity index (χ0) is 16.3. The third kappa shape index (κ3) is 1.72. The number of anilines is 1. The molecular formula is C21H17NO2. The molecule has 1 fully saturated rings. The summed E-state index contributed by atoms with van der Waals surface area (Å²) in [5.41, 5.74) is 4.52. The number of amides is 2. The number of benzene rings is 2. The van der Waals surface area contributed by atoms with Crippen LogP contribution in [0.3, 0.4) is 0 Å². The fourth-order valence-electron chi connectivity index (χ4n) is 4.64. The van der Waals surface area contributed by atoms with Crippen molar-refractivity contribution in [1.82, 2.24) is 0 Å². The van der Waals surface area contributed by atoms with Crippen LogP contribution in [-0.2, 0) is 16.0 Å². The van der Waals surface area contributed by atoms with E-state index in [-0.39, 0.29) is 29.6 Å². The summed E-state index contributed by atoms with van der Waals surface area (Å²) in [6, 6.07) is 17.7. The van der Waals surface area contributed by atoms with Crippen molar-refractivity contribution in [1.29, 1.82) is 0 Å². The van der Waals surface area contributed by atoms with Crippen LogP contribution in [-0.4, -0.2) is 11.8 Å². The van der Waals surface area contributed by atoms with E-state index in [0.717, 1.165) is 6.42 Å². The summed E-state index contributed by atoms with van der Waals surface area (Å²) in [6.45, 7) is 0. The highest BCUT2D eigenvalue weighted by Crippen LogP contribution is 2.51. The monoisotopic (exact) mass is 315 g/mol. The predicted octanol–water partition coefficient (Wildman–Crippen LogP) is 3.45. The van der Waals surface area contributed by atoms with Crippen molar-refractivity contribution in [3.8, 4) is 0 Å². The molecule has 3 heteroatoms. The number of para-hydroxylation sites is 1. The van der Waals surface area contributed by atoms with E-state index in [1.54, 1.807) is 0 Å². The van der Waals surface area contributed by atoms with Gasteiger partial charge in [-0.2, -0.15) is 0 Å². The average Bonchev–Trinajstić information content (AvgIpc) is 3.11. The molecular weight excluding hydrogens is 298 g/mol. The van der Waals surface area contributed by atoms with Gasteiger partial charge >= 0.3 is 0 Å². The first kappa shape index (κ1) is 13.7. The van der Waals surface area contributed by atoms with E-state index < -0.39 is 0 Å². The first-order chi connectivity index (χ1) is 11.8. The number of hydrogen-bond acceptors (Lipinski definition) is 2. The highest BCUT2D eigenvalue weighted by Gasteiger charge is 2.54. The van der Waals surface area contributed by atoms with Crippen molar-refractivity contribution in [2.45, 2.75) is 12.8 Å². The van der Waals surface area contributed by atoms with Gasteiger partial charge in [0, 0.05) is 5.92 Å². The SMILES string of the molecule is O=C1C2CC=C3c4ccccc4CC3C2C(=O)N1c1ccccc1. The van der Waals surface area contributed by atoms with Crippen LogP contribution in [0.2, 0.25) is 0 Å². The van der Waals surface area contributed by atoms with Crippen molar-refractivity contribution in [3.63, 3.8) is 0 Å². The number of fused-ring (bicyclic) bond motifs is 5. The minimum absolute atomic E-state index is 0.0281. The molecule has 0 spiro atoms. The first-order valence-electron chi connectivity index (χ1n) is 8.47. The van der Waals surface area contributed by atoms with Crippen LogP contribution < -0.4 is 4.90 Å². The zero-order valence-electron chi connectivity index (χ0n) is 13.2. The summed E-state index contributed by atoms with van der Waals surface area (Å²) in [5.74, 6) is -0.348. The van der Waals surface area contributed by atoms with Crippen molar-refractivity contribution in [2.75, 3.05) is 4.90 Å². The Balaban J connectivity index is 1.56. The van der Waals surface area contributed by atoms with E-state index in [2.05, 4.69) is 18.2 Å². The zero-order valence-corrected chi connectivity index (χ0v) is 13.2. The summed E-state index contributed by atoms with van der Waals surface area (Å²) in [7, 11) is 0. The van der Waals surface area contributed by atoms with Gasteiger partial charge in [-0.05, 0) is 41.7 Å². The molecule has 2 amide bonds. The number of rotatable bonds is 1. The second-order valence-corrected chi connectivity index (χ2v) is 6.84. The van der Waals surface area contributed by atoms with Crippen LogP contribution in [0, 0.1) is 17.8 Å². The Bertz CT molecular complexity index is 884. The number of allylic oxidation sites excluding steroid dienone is 2. The maximum absolute atomic E-state index is 13.1. The Morgan fingerprint density at radius 1 is 0.833 bits per heavy atom. The molecule has 0 aromatic heterocycles. The minimum Gasteiger partial charge on any atom is -0.274 e. The van der Waals surface area contributed by atoms with Crippen LogP contribution in [0.1, 0.15) is 17.5 Å². The predicted molar refractivity (Wildman–Crippen MR) is 92.1 cm³/mol. The molecule has 2 aromatic rings. The smallest absolute Gasteiger partial charge is 0.238 e. The molecule has 0 radical (unpaired) electrons. The normalized spacial score (nSPS) is 27.6. The molecule has 3 atom stereocenters. The van der Waals surface area contributed by atoms with E-state index in [9.17, 15) is 9.59 Å². The van der Waals surface area contributed by atoms with Crippen LogP contribution in [0.4, 0.5) is 5.69 Å². The maximum Gasteiger partial charge on any atom is 0.238 e. The first-order valence-corrected chi connectivity index (χ1v) is 8.47. The third-order valence-electron chi connectivity index (χ3n) is 5.68. The Hall–Kier alpha value is -2.68. The van der Waals surface area contributed by atoms with Gasteiger partial charge in [0.1, 0.15) is 0 Å². The lowest BCUT2D eigenvalue weighted by Gasteiger charge is -2.27. The van der Waals surface area contributed by atoms with Crippen molar-refractivity contribution < 1.29 is 9.59 Å². The molecule has 3 nitrogen and oxygen atoms in total. The van der Waals surface area contributed by atoms with E-state index in [1.165, 1.54) is 21.6 Å². The van der Waals surface area contributed by atoms with Crippen LogP contribution in [0.15, 0.2) is 60.7 Å². The number of hydrogen-bond donors (Lipinski definition) is 0. The summed E-state index contributed by atoms with van der Waals surface area (Å²) in [5, 5.41) is 0. The molecule has 3 unspecified atom stereocenters. The summed E-state index contributed by atoms with van der Waals surface area (Å²) in [6.07, 6.45) is 3.72. The Morgan fingerprint density at radius 2 is 1.58 bits per heavy atom. The van der Waals surface area contributed by atoms with E-state index in [1.807, 2.05) is 42.5 Å². The van der Waals surface area contributed by atoms with Crippen molar-refractivity contribution in [3.05, 3.63) is 71.8 Å². The van der Waals surface area contributed by atoms with Gasteiger partial charge in [-0.3, -0.25) is 14.5 Å². The fourth-order valence-corrected chi connectivity index (χ4v) is 4.64. The highest BCUT2D eigenvalue weighted by molar-refractivity contribution is 6.22. The maximum atomic E-state index is 13.1. The molecule has 1 saturated heterocycles.